The van der Waals surface area contributed by atoms with Gasteiger partial charge >= 0.3 is 6.03 Å². The minimum Gasteiger partial charge on any atom is -0.378 e. The molecule has 6 heteroatoms. The summed E-state index contributed by atoms with van der Waals surface area (Å²) in [6, 6.07) is 17.2. The van der Waals surface area contributed by atoms with E-state index in [0.717, 1.165) is 11.1 Å². The second-order valence-corrected chi connectivity index (χ2v) is 6.96. The van der Waals surface area contributed by atoms with Crippen molar-refractivity contribution in [2.75, 3.05) is 33.4 Å². The van der Waals surface area contributed by atoms with Gasteiger partial charge in [0.25, 0.3) is 5.91 Å². The van der Waals surface area contributed by atoms with E-state index in [1.165, 1.54) is 0 Å². The number of benzene rings is 2. The van der Waals surface area contributed by atoms with E-state index in [1.807, 2.05) is 61.5 Å². The molecule has 0 radical (unpaired) electrons. The van der Waals surface area contributed by atoms with Gasteiger partial charge in [-0.15, -0.1) is 0 Å². The average Bonchev–Trinajstić information content (AvgIpc) is 2.77. The highest BCUT2D eigenvalue weighted by atomic mass is 16.5. The van der Waals surface area contributed by atoms with Crippen molar-refractivity contribution in [1.29, 1.82) is 0 Å². The molecule has 2 aromatic carbocycles. The Morgan fingerprint density at radius 2 is 1.71 bits per heavy atom. The standard InChI is InChI=1S/C22H27N3O3/c1-17(19-6-4-3-5-7-19)24(2)22(27)23-16-18-8-10-20(11-9-18)21(26)25-12-14-28-15-13-25/h3-11,17H,12-16H2,1-2H3,(H,23,27). The first-order chi connectivity index (χ1) is 13.6. The van der Waals surface area contributed by atoms with Crippen LogP contribution < -0.4 is 5.32 Å². The van der Waals surface area contributed by atoms with Gasteiger partial charge in [-0.25, -0.2) is 4.79 Å². The van der Waals surface area contributed by atoms with Crippen LogP contribution in [0.5, 0.6) is 0 Å². The van der Waals surface area contributed by atoms with Crippen molar-refractivity contribution < 1.29 is 14.3 Å². The smallest absolute Gasteiger partial charge is 0.317 e. The number of urea groups is 1. The van der Waals surface area contributed by atoms with E-state index in [-0.39, 0.29) is 18.0 Å². The Bertz CT molecular complexity index is 786. The summed E-state index contributed by atoms with van der Waals surface area (Å²) < 4.78 is 5.29. The molecule has 6 nitrogen and oxygen atoms in total. The fourth-order valence-corrected chi connectivity index (χ4v) is 3.15. The number of hydrogen-bond donors (Lipinski definition) is 1. The zero-order valence-corrected chi connectivity index (χ0v) is 16.4. The number of rotatable bonds is 5. The third kappa shape index (κ3) is 4.89. The predicted octanol–water partition coefficient (Wildman–Crippen LogP) is 3.06. The summed E-state index contributed by atoms with van der Waals surface area (Å²) in [7, 11) is 1.79. The van der Waals surface area contributed by atoms with E-state index in [0.29, 0.717) is 38.4 Å². The van der Waals surface area contributed by atoms with Crippen LogP contribution in [0.3, 0.4) is 0 Å². The minimum atomic E-state index is -0.134. The second-order valence-electron chi connectivity index (χ2n) is 6.96. The molecule has 1 saturated heterocycles. The number of ether oxygens (including phenoxy) is 1. The van der Waals surface area contributed by atoms with Crippen molar-refractivity contribution >= 4 is 11.9 Å². The summed E-state index contributed by atoms with van der Waals surface area (Å²) >= 11 is 0. The molecule has 2 aromatic rings. The first-order valence-corrected chi connectivity index (χ1v) is 9.58. The molecule has 1 atom stereocenters. The lowest BCUT2D eigenvalue weighted by Crippen LogP contribution is -2.40. The molecule has 1 aliphatic heterocycles. The van der Waals surface area contributed by atoms with Crippen LogP contribution in [0.4, 0.5) is 4.79 Å². The highest BCUT2D eigenvalue weighted by Gasteiger charge is 2.19. The van der Waals surface area contributed by atoms with Gasteiger partial charge in [-0.2, -0.15) is 0 Å². The van der Waals surface area contributed by atoms with Crippen LogP contribution in [0, 0.1) is 0 Å². The van der Waals surface area contributed by atoms with E-state index < -0.39 is 0 Å². The summed E-state index contributed by atoms with van der Waals surface area (Å²) in [5, 5.41) is 2.94. The largest absolute Gasteiger partial charge is 0.378 e. The van der Waals surface area contributed by atoms with Crippen LogP contribution in [0.15, 0.2) is 54.6 Å². The third-order valence-corrected chi connectivity index (χ3v) is 5.13. The topological polar surface area (TPSA) is 61.9 Å². The molecule has 1 heterocycles. The monoisotopic (exact) mass is 381 g/mol. The van der Waals surface area contributed by atoms with Gasteiger partial charge < -0.3 is 19.9 Å². The van der Waals surface area contributed by atoms with Crippen LogP contribution in [-0.2, 0) is 11.3 Å². The van der Waals surface area contributed by atoms with E-state index >= 15 is 0 Å². The van der Waals surface area contributed by atoms with Crippen molar-refractivity contribution in [3.05, 3.63) is 71.3 Å². The van der Waals surface area contributed by atoms with Crippen molar-refractivity contribution in [3.63, 3.8) is 0 Å². The first-order valence-electron chi connectivity index (χ1n) is 9.58. The van der Waals surface area contributed by atoms with Gasteiger partial charge in [0.15, 0.2) is 0 Å². The molecule has 1 aliphatic rings. The van der Waals surface area contributed by atoms with E-state index in [9.17, 15) is 9.59 Å². The van der Waals surface area contributed by atoms with Gasteiger partial charge in [-0.05, 0) is 30.2 Å². The molecule has 0 aromatic heterocycles. The second kappa shape index (κ2) is 9.37. The highest BCUT2D eigenvalue weighted by Crippen LogP contribution is 2.18. The zero-order chi connectivity index (χ0) is 19.9. The zero-order valence-electron chi connectivity index (χ0n) is 16.4. The van der Waals surface area contributed by atoms with E-state index in [4.69, 9.17) is 4.74 Å². The Hall–Kier alpha value is -2.86. The van der Waals surface area contributed by atoms with Crippen LogP contribution in [-0.4, -0.2) is 55.1 Å². The first kappa shape index (κ1) is 19.9. The summed E-state index contributed by atoms with van der Waals surface area (Å²) in [5.41, 5.74) is 2.70. The molecular weight excluding hydrogens is 354 g/mol. The average molecular weight is 381 g/mol. The summed E-state index contributed by atoms with van der Waals surface area (Å²) in [6.45, 7) is 4.85. The summed E-state index contributed by atoms with van der Waals surface area (Å²) in [5.74, 6) is 0.0234. The quantitative estimate of drug-likeness (QED) is 0.866. The maximum atomic E-state index is 12.5. The van der Waals surface area contributed by atoms with Crippen LogP contribution >= 0.6 is 0 Å². The van der Waals surface area contributed by atoms with E-state index in [1.54, 1.807) is 16.8 Å². The molecule has 28 heavy (non-hydrogen) atoms. The van der Waals surface area contributed by atoms with Gasteiger partial charge in [0.05, 0.1) is 19.3 Å². The molecule has 0 spiro atoms. The van der Waals surface area contributed by atoms with Gasteiger partial charge in [0.2, 0.25) is 0 Å². The Kier molecular flexibility index (Phi) is 6.66. The fourth-order valence-electron chi connectivity index (χ4n) is 3.15. The van der Waals surface area contributed by atoms with Gasteiger partial charge in [-0.3, -0.25) is 4.79 Å². The number of morpholine rings is 1. The normalized spacial score (nSPS) is 15.0. The molecule has 1 N–H and O–H groups in total. The predicted molar refractivity (Wildman–Crippen MR) is 108 cm³/mol. The number of carbonyl (C=O) groups is 2. The van der Waals surface area contributed by atoms with Crippen molar-refractivity contribution in [1.82, 2.24) is 15.1 Å². The number of carbonyl (C=O) groups excluding carboxylic acids is 2. The van der Waals surface area contributed by atoms with Crippen molar-refractivity contribution in [3.8, 4) is 0 Å². The van der Waals surface area contributed by atoms with Gasteiger partial charge in [0, 0.05) is 32.2 Å². The number of nitrogens with one attached hydrogen (secondary N) is 1. The fraction of sp³-hybridized carbons (Fsp3) is 0.364. The molecule has 0 saturated carbocycles. The van der Waals surface area contributed by atoms with Crippen LogP contribution in [0.1, 0.15) is 34.5 Å². The molecule has 3 rings (SSSR count). The maximum absolute atomic E-state index is 12.5. The molecule has 0 bridgehead atoms. The van der Waals surface area contributed by atoms with E-state index in [2.05, 4.69) is 5.32 Å². The summed E-state index contributed by atoms with van der Waals surface area (Å²) in [6.07, 6.45) is 0. The molecular formula is C22H27N3O3. The Morgan fingerprint density at radius 3 is 2.36 bits per heavy atom. The van der Waals surface area contributed by atoms with Gasteiger partial charge in [0.1, 0.15) is 0 Å². The molecule has 148 valence electrons. The lowest BCUT2D eigenvalue weighted by molar-refractivity contribution is 0.0303. The van der Waals surface area contributed by atoms with Gasteiger partial charge in [-0.1, -0.05) is 42.5 Å². The Balaban J connectivity index is 1.52. The number of hydrogen-bond acceptors (Lipinski definition) is 3. The SMILES string of the molecule is CC(c1ccccc1)N(C)C(=O)NCc1ccc(C(=O)N2CCOCC2)cc1. The third-order valence-electron chi connectivity index (χ3n) is 5.13. The molecule has 0 aliphatic carbocycles. The van der Waals surface area contributed by atoms with Crippen molar-refractivity contribution in [2.45, 2.75) is 19.5 Å². The lowest BCUT2D eigenvalue weighted by atomic mass is 10.1. The highest BCUT2D eigenvalue weighted by molar-refractivity contribution is 5.94. The molecule has 1 fully saturated rings. The summed E-state index contributed by atoms with van der Waals surface area (Å²) in [4.78, 5) is 28.4. The Labute approximate surface area is 166 Å². The maximum Gasteiger partial charge on any atom is 0.317 e. The lowest BCUT2D eigenvalue weighted by Gasteiger charge is -2.27. The van der Waals surface area contributed by atoms with Crippen LogP contribution in [0.25, 0.3) is 0 Å². The molecule has 1 unspecified atom stereocenters. The Morgan fingerprint density at radius 1 is 1.07 bits per heavy atom. The minimum absolute atomic E-state index is 0.0188. The van der Waals surface area contributed by atoms with Crippen LogP contribution in [0.2, 0.25) is 0 Å². The molecule has 3 amide bonds. The van der Waals surface area contributed by atoms with Crippen molar-refractivity contribution in [2.24, 2.45) is 0 Å². The number of amides is 3. The number of nitrogens with zero attached hydrogens (tertiary/aromatic N) is 2.